The molecule has 0 aliphatic rings. The van der Waals surface area contributed by atoms with Crippen LogP contribution in [0.2, 0.25) is 0 Å². The molecule has 0 aromatic heterocycles. The molecule has 2 aromatic carbocycles. The zero-order valence-corrected chi connectivity index (χ0v) is 12.1. The topological polar surface area (TPSA) is 38.3 Å². The lowest BCUT2D eigenvalue weighted by Crippen LogP contribution is -2.32. The Kier molecular flexibility index (Phi) is 4.93. The second-order valence-electron chi connectivity index (χ2n) is 4.83. The Balaban J connectivity index is 2.03. The Morgan fingerprint density at radius 3 is 2.57 bits per heavy atom. The lowest BCUT2D eigenvalue weighted by Gasteiger charge is -2.17. The molecule has 0 aliphatic heterocycles. The van der Waals surface area contributed by atoms with E-state index in [1.807, 2.05) is 38.1 Å². The van der Waals surface area contributed by atoms with Gasteiger partial charge in [-0.2, -0.15) is 0 Å². The third-order valence-corrected chi connectivity index (χ3v) is 3.05. The van der Waals surface area contributed by atoms with Gasteiger partial charge in [-0.15, -0.1) is 0 Å². The normalized spacial score (nSPS) is 11.8. The third-order valence-electron chi connectivity index (χ3n) is 3.05. The van der Waals surface area contributed by atoms with E-state index in [0.717, 1.165) is 5.56 Å². The van der Waals surface area contributed by atoms with E-state index in [0.29, 0.717) is 17.9 Å². The largest absolute Gasteiger partial charge is 0.481 e. The van der Waals surface area contributed by atoms with Crippen molar-refractivity contribution >= 4 is 11.6 Å². The maximum Gasteiger partial charge on any atom is 0.265 e. The lowest BCUT2D eigenvalue weighted by atomic mass is 10.2. The number of nitrogens with one attached hydrogen (secondary N) is 1. The molecule has 0 unspecified atom stereocenters. The van der Waals surface area contributed by atoms with E-state index in [4.69, 9.17) is 4.74 Å². The fourth-order valence-corrected chi connectivity index (χ4v) is 1.89. The first-order valence-electron chi connectivity index (χ1n) is 6.88. The maximum atomic E-state index is 13.1. The van der Waals surface area contributed by atoms with Crippen LogP contribution in [-0.2, 0) is 4.79 Å². The minimum absolute atomic E-state index is 0.288. The van der Waals surface area contributed by atoms with Gasteiger partial charge in [-0.1, -0.05) is 30.7 Å². The number of benzene rings is 2. The van der Waals surface area contributed by atoms with Gasteiger partial charge in [0.25, 0.3) is 5.91 Å². The average Bonchev–Trinajstić information content (AvgIpc) is 2.46. The van der Waals surface area contributed by atoms with Gasteiger partial charge in [0, 0.05) is 5.69 Å². The van der Waals surface area contributed by atoms with Gasteiger partial charge in [0.15, 0.2) is 6.10 Å². The molecule has 0 saturated heterocycles. The summed E-state index contributed by atoms with van der Waals surface area (Å²) in [6.45, 7) is 3.85. The van der Waals surface area contributed by atoms with Crippen LogP contribution in [0.25, 0.3) is 0 Å². The van der Waals surface area contributed by atoms with Crippen LogP contribution in [0.3, 0.4) is 0 Å². The van der Waals surface area contributed by atoms with Gasteiger partial charge >= 0.3 is 0 Å². The predicted molar refractivity (Wildman–Crippen MR) is 80.9 cm³/mol. The number of carbonyl (C=O) groups is 1. The van der Waals surface area contributed by atoms with Gasteiger partial charge in [0.1, 0.15) is 11.6 Å². The van der Waals surface area contributed by atoms with Crippen LogP contribution in [0.1, 0.15) is 18.9 Å². The molecule has 0 bridgehead atoms. The summed E-state index contributed by atoms with van der Waals surface area (Å²) in [5, 5.41) is 2.66. The number of hydrogen-bond donors (Lipinski definition) is 1. The summed E-state index contributed by atoms with van der Waals surface area (Å²) in [6, 6.07) is 13.3. The number of ether oxygens (including phenoxy) is 1. The van der Waals surface area contributed by atoms with E-state index in [1.165, 1.54) is 12.1 Å². The number of rotatable bonds is 5. The van der Waals surface area contributed by atoms with E-state index >= 15 is 0 Å². The molecule has 0 heterocycles. The van der Waals surface area contributed by atoms with Crippen molar-refractivity contribution in [3.8, 4) is 5.75 Å². The molecule has 1 N–H and O–H groups in total. The van der Waals surface area contributed by atoms with Crippen molar-refractivity contribution in [2.75, 3.05) is 5.32 Å². The first-order valence-corrected chi connectivity index (χ1v) is 6.88. The number of hydrogen-bond acceptors (Lipinski definition) is 2. The minimum Gasteiger partial charge on any atom is -0.481 e. The molecule has 21 heavy (non-hydrogen) atoms. The highest BCUT2D eigenvalue weighted by Crippen LogP contribution is 2.16. The summed E-state index contributed by atoms with van der Waals surface area (Å²) in [5.74, 6) is -0.0363. The highest BCUT2D eigenvalue weighted by molar-refractivity contribution is 5.94. The fourth-order valence-electron chi connectivity index (χ4n) is 1.89. The smallest absolute Gasteiger partial charge is 0.265 e. The Hall–Kier alpha value is -2.36. The first kappa shape index (κ1) is 15.0. The summed E-state index contributed by atoms with van der Waals surface area (Å²) in [6.07, 6.45) is -0.0920. The van der Waals surface area contributed by atoms with E-state index in [2.05, 4.69) is 5.32 Å². The summed E-state index contributed by atoms with van der Waals surface area (Å²) >= 11 is 0. The molecule has 0 radical (unpaired) electrons. The number of amides is 1. The monoisotopic (exact) mass is 287 g/mol. The van der Waals surface area contributed by atoms with Crippen LogP contribution in [-0.4, -0.2) is 12.0 Å². The van der Waals surface area contributed by atoms with Gasteiger partial charge in [-0.3, -0.25) is 4.79 Å². The van der Waals surface area contributed by atoms with Crippen LogP contribution >= 0.6 is 0 Å². The number of aryl methyl sites for hydroxylation is 1. The van der Waals surface area contributed by atoms with Crippen LogP contribution in [0.5, 0.6) is 5.75 Å². The van der Waals surface area contributed by atoms with Crippen LogP contribution in [0.4, 0.5) is 10.1 Å². The zero-order valence-electron chi connectivity index (χ0n) is 12.1. The quantitative estimate of drug-likeness (QED) is 0.905. The Bertz CT molecular complexity index is 610. The third kappa shape index (κ3) is 4.31. The van der Waals surface area contributed by atoms with Crippen molar-refractivity contribution in [3.05, 3.63) is 59.9 Å². The van der Waals surface area contributed by atoms with E-state index in [-0.39, 0.29) is 11.7 Å². The van der Waals surface area contributed by atoms with Crippen molar-refractivity contribution in [2.24, 2.45) is 0 Å². The van der Waals surface area contributed by atoms with Gasteiger partial charge in [-0.25, -0.2) is 4.39 Å². The standard InChI is InChI=1S/C17H18FNO2/c1-3-16(21-15-9-7-12(2)8-10-15)17(20)19-14-6-4-5-13(18)11-14/h4-11,16H,3H2,1-2H3,(H,19,20)/t16-/m0/s1. The maximum absolute atomic E-state index is 13.1. The van der Waals surface area contributed by atoms with Crippen molar-refractivity contribution < 1.29 is 13.9 Å². The van der Waals surface area contributed by atoms with E-state index in [9.17, 15) is 9.18 Å². The highest BCUT2D eigenvalue weighted by Gasteiger charge is 2.18. The molecular weight excluding hydrogens is 269 g/mol. The molecule has 0 aliphatic carbocycles. The van der Waals surface area contributed by atoms with Gasteiger partial charge in [0.2, 0.25) is 0 Å². The number of anilines is 1. The summed E-state index contributed by atoms with van der Waals surface area (Å²) in [5.41, 5.74) is 1.55. The molecule has 1 atom stereocenters. The fraction of sp³-hybridized carbons (Fsp3) is 0.235. The molecule has 2 rings (SSSR count). The highest BCUT2D eigenvalue weighted by atomic mass is 19.1. The lowest BCUT2D eigenvalue weighted by molar-refractivity contribution is -0.122. The second kappa shape index (κ2) is 6.88. The molecule has 2 aromatic rings. The van der Waals surface area contributed by atoms with Gasteiger partial charge in [-0.05, 0) is 43.7 Å². The Morgan fingerprint density at radius 1 is 1.24 bits per heavy atom. The van der Waals surface area contributed by atoms with Crippen molar-refractivity contribution in [3.63, 3.8) is 0 Å². The summed E-state index contributed by atoms with van der Waals surface area (Å²) in [4.78, 5) is 12.2. The first-order chi connectivity index (χ1) is 10.1. The van der Waals surface area contributed by atoms with Crippen molar-refractivity contribution in [1.82, 2.24) is 0 Å². The van der Waals surface area contributed by atoms with Crippen LogP contribution in [0, 0.1) is 12.7 Å². The SMILES string of the molecule is CC[C@H](Oc1ccc(C)cc1)C(=O)Nc1cccc(F)c1. The summed E-state index contributed by atoms with van der Waals surface area (Å²) in [7, 11) is 0. The van der Waals surface area contributed by atoms with Crippen molar-refractivity contribution in [1.29, 1.82) is 0 Å². The van der Waals surface area contributed by atoms with E-state index in [1.54, 1.807) is 12.1 Å². The molecule has 110 valence electrons. The van der Waals surface area contributed by atoms with Crippen molar-refractivity contribution in [2.45, 2.75) is 26.4 Å². The molecule has 0 saturated carbocycles. The molecule has 0 fully saturated rings. The van der Waals surface area contributed by atoms with Crippen LogP contribution < -0.4 is 10.1 Å². The van der Waals surface area contributed by atoms with Crippen LogP contribution in [0.15, 0.2) is 48.5 Å². The molecule has 4 heteroatoms. The zero-order chi connectivity index (χ0) is 15.2. The molecule has 0 spiro atoms. The second-order valence-corrected chi connectivity index (χ2v) is 4.83. The Labute approximate surface area is 123 Å². The Morgan fingerprint density at radius 2 is 1.95 bits per heavy atom. The van der Waals surface area contributed by atoms with Gasteiger partial charge in [0.05, 0.1) is 0 Å². The molecule has 3 nitrogen and oxygen atoms in total. The minimum atomic E-state index is -0.615. The van der Waals surface area contributed by atoms with E-state index < -0.39 is 6.10 Å². The number of carbonyl (C=O) groups excluding carboxylic acids is 1. The molecular formula is C17H18FNO2. The molecule has 1 amide bonds. The summed E-state index contributed by atoms with van der Waals surface area (Å²) < 4.78 is 18.8. The average molecular weight is 287 g/mol. The predicted octanol–water partition coefficient (Wildman–Crippen LogP) is 3.93. The number of halogens is 1. The van der Waals surface area contributed by atoms with Gasteiger partial charge < -0.3 is 10.1 Å².